The van der Waals surface area contributed by atoms with Gasteiger partial charge in [-0.05, 0) is 6.92 Å². The third kappa shape index (κ3) is 4.35. The highest BCUT2D eigenvalue weighted by molar-refractivity contribution is 5.87. The normalized spacial score (nSPS) is 20.1. The number of aliphatic hydroxyl groups is 1. The Morgan fingerprint density at radius 3 is 2.70 bits per heavy atom. The Morgan fingerprint density at radius 2 is 2.10 bits per heavy atom. The van der Waals surface area contributed by atoms with E-state index in [4.69, 9.17) is 14.9 Å². The molecule has 0 spiro atoms. The van der Waals surface area contributed by atoms with Gasteiger partial charge >= 0.3 is 12.0 Å². The minimum atomic E-state index is -1.68. The van der Waals surface area contributed by atoms with Gasteiger partial charge in [0.2, 0.25) is 5.91 Å². The first kappa shape index (κ1) is 16.2. The van der Waals surface area contributed by atoms with Crippen LogP contribution >= 0.6 is 0 Å². The summed E-state index contributed by atoms with van der Waals surface area (Å²) in [4.78, 5) is 35.4. The molecule has 1 heterocycles. The lowest BCUT2D eigenvalue weighted by Gasteiger charge is -2.34. The summed E-state index contributed by atoms with van der Waals surface area (Å²) < 4.78 is 5.17. The summed E-state index contributed by atoms with van der Waals surface area (Å²) in [5.74, 6) is -1.76. The number of aliphatic carboxylic acids is 1. The number of rotatable bonds is 5. The lowest BCUT2D eigenvalue weighted by Crippen LogP contribution is -2.58. The first-order valence-electron chi connectivity index (χ1n) is 6.28. The van der Waals surface area contributed by atoms with E-state index in [0.717, 1.165) is 0 Å². The van der Waals surface area contributed by atoms with Gasteiger partial charge in [0.25, 0.3) is 0 Å². The van der Waals surface area contributed by atoms with Crippen molar-refractivity contribution in [1.29, 1.82) is 0 Å². The predicted octanol–water partition coefficient (Wildman–Crippen LogP) is -2.02. The highest BCUT2D eigenvalue weighted by Gasteiger charge is 2.32. The topological polar surface area (TPSA) is 128 Å². The van der Waals surface area contributed by atoms with Crippen LogP contribution in [-0.2, 0) is 14.3 Å². The molecule has 20 heavy (non-hydrogen) atoms. The van der Waals surface area contributed by atoms with Crippen LogP contribution < -0.4 is 10.6 Å². The van der Waals surface area contributed by atoms with Gasteiger partial charge < -0.3 is 30.5 Å². The number of carboxylic acids is 1. The summed E-state index contributed by atoms with van der Waals surface area (Å²) in [6, 6.07) is -1.37. The average Bonchev–Trinajstić information content (AvgIpc) is 2.44. The molecule has 0 radical (unpaired) electrons. The summed E-state index contributed by atoms with van der Waals surface area (Å²) in [6.45, 7) is 2.37. The fraction of sp³-hybridized carbons (Fsp3) is 0.727. The number of nitrogens with one attached hydrogen (secondary N) is 2. The monoisotopic (exact) mass is 289 g/mol. The number of ether oxygens (including phenoxy) is 1. The van der Waals surface area contributed by atoms with Crippen molar-refractivity contribution >= 4 is 17.9 Å². The van der Waals surface area contributed by atoms with E-state index in [1.807, 2.05) is 0 Å². The largest absolute Gasteiger partial charge is 0.479 e. The zero-order valence-electron chi connectivity index (χ0n) is 11.2. The van der Waals surface area contributed by atoms with E-state index in [2.05, 4.69) is 10.6 Å². The first-order valence-corrected chi connectivity index (χ1v) is 6.28. The molecule has 2 atom stereocenters. The van der Waals surface area contributed by atoms with Gasteiger partial charge in [0, 0.05) is 13.1 Å². The van der Waals surface area contributed by atoms with Crippen molar-refractivity contribution in [3.8, 4) is 0 Å². The number of carbonyl (C=O) groups excluding carboxylic acids is 2. The number of carboxylic acid groups (broad SMARTS) is 1. The Labute approximate surface area is 115 Å². The number of morpholine rings is 1. The van der Waals surface area contributed by atoms with Gasteiger partial charge in [0.05, 0.1) is 19.8 Å². The number of likely N-dealkylation sites (N-methyl/N-ethyl adjacent to an activating group) is 1. The van der Waals surface area contributed by atoms with Crippen LogP contribution in [0.15, 0.2) is 0 Å². The maximum atomic E-state index is 11.9. The molecule has 0 aliphatic carbocycles. The van der Waals surface area contributed by atoms with Crippen molar-refractivity contribution in [1.82, 2.24) is 15.5 Å². The molecular weight excluding hydrogens is 270 g/mol. The highest BCUT2D eigenvalue weighted by Crippen LogP contribution is 2.07. The summed E-state index contributed by atoms with van der Waals surface area (Å²) in [5, 5.41) is 22.5. The third-order valence-corrected chi connectivity index (χ3v) is 2.77. The van der Waals surface area contributed by atoms with Gasteiger partial charge in [-0.25, -0.2) is 9.59 Å². The molecule has 0 bridgehead atoms. The summed E-state index contributed by atoms with van der Waals surface area (Å²) in [6.07, 6.45) is -1.68. The van der Waals surface area contributed by atoms with Gasteiger partial charge in [-0.15, -0.1) is 0 Å². The number of hydrogen-bond acceptors (Lipinski definition) is 5. The van der Waals surface area contributed by atoms with Crippen molar-refractivity contribution in [3.05, 3.63) is 0 Å². The van der Waals surface area contributed by atoms with Crippen LogP contribution in [0.5, 0.6) is 0 Å². The van der Waals surface area contributed by atoms with Crippen molar-refractivity contribution in [2.24, 2.45) is 0 Å². The predicted molar refractivity (Wildman–Crippen MR) is 67.0 cm³/mol. The fourth-order valence-electron chi connectivity index (χ4n) is 1.73. The molecule has 1 fully saturated rings. The Bertz CT molecular complexity index is 375. The fourth-order valence-corrected chi connectivity index (χ4v) is 1.73. The first-order chi connectivity index (χ1) is 9.47. The van der Waals surface area contributed by atoms with Crippen molar-refractivity contribution in [2.75, 3.05) is 32.8 Å². The van der Waals surface area contributed by atoms with Gasteiger partial charge in [0.1, 0.15) is 6.04 Å². The molecule has 1 saturated heterocycles. The molecule has 1 unspecified atom stereocenters. The molecular formula is C11H19N3O6. The zero-order chi connectivity index (χ0) is 15.1. The lowest BCUT2D eigenvalue weighted by molar-refractivity contribution is -0.146. The van der Waals surface area contributed by atoms with E-state index in [1.54, 1.807) is 6.92 Å². The van der Waals surface area contributed by atoms with Crippen LogP contribution in [0.25, 0.3) is 0 Å². The number of amides is 3. The molecule has 0 saturated carbocycles. The molecule has 9 nitrogen and oxygen atoms in total. The van der Waals surface area contributed by atoms with E-state index in [0.29, 0.717) is 13.2 Å². The standard InChI is InChI=1S/C11H19N3O6/c1-2-12-9(16)7-6-20-4-3-14(7)11(19)13-5-8(15)10(17)18/h7-8,15H,2-6H2,1H3,(H,12,16)(H,13,19)(H,17,18)/t7?,8-/m0/s1. The quantitative estimate of drug-likeness (QED) is 0.462. The van der Waals surface area contributed by atoms with Crippen LogP contribution in [0.2, 0.25) is 0 Å². The zero-order valence-corrected chi connectivity index (χ0v) is 11.2. The van der Waals surface area contributed by atoms with E-state index in [1.165, 1.54) is 4.90 Å². The Hall–Kier alpha value is -1.87. The summed E-state index contributed by atoms with van der Waals surface area (Å²) >= 11 is 0. The molecule has 1 aliphatic heterocycles. The minimum absolute atomic E-state index is 0.0841. The van der Waals surface area contributed by atoms with Crippen LogP contribution in [0, 0.1) is 0 Å². The average molecular weight is 289 g/mol. The molecule has 4 N–H and O–H groups in total. The molecule has 0 aromatic carbocycles. The van der Waals surface area contributed by atoms with Gasteiger partial charge in [-0.3, -0.25) is 4.79 Å². The summed E-state index contributed by atoms with van der Waals surface area (Å²) in [5.41, 5.74) is 0. The van der Waals surface area contributed by atoms with Crippen LogP contribution in [0.3, 0.4) is 0 Å². The van der Waals surface area contributed by atoms with Gasteiger partial charge in [-0.2, -0.15) is 0 Å². The number of carbonyl (C=O) groups is 3. The number of urea groups is 1. The highest BCUT2D eigenvalue weighted by atomic mass is 16.5. The SMILES string of the molecule is CCNC(=O)C1COCCN1C(=O)NC[C@H](O)C(=O)O. The molecule has 1 aliphatic rings. The van der Waals surface area contributed by atoms with Crippen LogP contribution in [-0.4, -0.2) is 78.0 Å². The second kappa shape index (κ2) is 7.65. The molecule has 3 amide bonds. The Morgan fingerprint density at radius 1 is 1.40 bits per heavy atom. The maximum absolute atomic E-state index is 11.9. The number of nitrogens with zero attached hydrogens (tertiary/aromatic N) is 1. The van der Waals surface area contributed by atoms with Crippen molar-refractivity contribution in [2.45, 2.75) is 19.1 Å². The van der Waals surface area contributed by atoms with Gasteiger partial charge in [0.15, 0.2) is 6.10 Å². The third-order valence-electron chi connectivity index (χ3n) is 2.77. The lowest BCUT2D eigenvalue weighted by atomic mass is 10.2. The second-order valence-electron chi connectivity index (χ2n) is 4.22. The van der Waals surface area contributed by atoms with Crippen molar-refractivity contribution < 1.29 is 29.3 Å². The van der Waals surface area contributed by atoms with E-state index in [9.17, 15) is 14.4 Å². The second-order valence-corrected chi connectivity index (χ2v) is 4.22. The van der Waals surface area contributed by atoms with E-state index < -0.39 is 30.7 Å². The number of hydrogen-bond donors (Lipinski definition) is 4. The van der Waals surface area contributed by atoms with E-state index in [-0.39, 0.29) is 19.1 Å². The smallest absolute Gasteiger partial charge is 0.334 e. The van der Waals surface area contributed by atoms with E-state index >= 15 is 0 Å². The maximum Gasteiger partial charge on any atom is 0.334 e. The number of aliphatic hydroxyl groups excluding tert-OH is 1. The molecule has 1 rings (SSSR count). The minimum Gasteiger partial charge on any atom is -0.479 e. The van der Waals surface area contributed by atoms with Crippen LogP contribution in [0.4, 0.5) is 4.79 Å². The molecule has 9 heteroatoms. The molecule has 114 valence electrons. The van der Waals surface area contributed by atoms with Crippen LogP contribution in [0.1, 0.15) is 6.92 Å². The summed E-state index contributed by atoms with van der Waals surface area (Å²) in [7, 11) is 0. The molecule has 0 aromatic rings. The van der Waals surface area contributed by atoms with Crippen molar-refractivity contribution in [3.63, 3.8) is 0 Å². The Balaban J connectivity index is 2.58. The van der Waals surface area contributed by atoms with Gasteiger partial charge in [-0.1, -0.05) is 0 Å². The molecule has 0 aromatic heterocycles. The Kier molecular flexibility index (Phi) is 6.19.